The van der Waals surface area contributed by atoms with Crippen LogP contribution in [0.2, 0.25) is 0 Å². The van der Waals surface area contributed by atoms with Crippen LogP contribution in [0, 0.1) is 0 Å². The maximum absolute atomic E-state index is 5.49. The van der Waals surface area contributed by atoms with Crippen molar-refractivity contribution in [3.05, 3.63) is 176 Å². The lowest BCUT2D eigenvalue weighted by molar-refractivity contribution is 1.02. The zero-order valence-electron chi connectivity index (χ0n) is 29.0. The average Bonchev–Trinajstić information content (AvgIpc) is 3.80. The smallest absolute Gasteiger partial charge is 0.235 e. The van der Waals surface area contributed by atoms with Gasteiger partial charge in [0.05, 0.1) is 33.3 Å². The number of pyridine rings is 1. The summed E-state index contributed by atoms with van der Waals surface area (Å²) in [4.78, 5) is 16.2. The van der Waals surface area contributed by atoms with Crippen LogP contribution in [0.5, 0.6) is 0 Å². The van der Waals surface area contributed by atoms with Gasteiger partial charge in [0.15, 0.2) is 0 Å². The zero-order chi connectivity index (χ0) is 35.3. The first-order valence-electron chi connectivity index (χ1n) is 18.3. The van der Waals surface area contributed by atoms with E-state index in [9.17, 15) is 0 Å². The van der Waals surface area contributed by atoms with Gasteiger partial charge in [-0.1, -0.05) is 146 Å². The number of imidazole rings is 1. The predicted molar refractivity (Wildman–Crippen MR) is 224 cm³/mol. The van der Waals surface area contributed by atoms with Crippen molar-refractivity contribution >= 4 is 81.8 Å². The lowest BCUT2D eigenvalue weighted by Crippen LogP contribution is -2.03. The van der Waals surface area contributed by atoms with E-state index in [2.05, 4.69) is 185 Å². The van der Waals surface area contributed by atoms with E-state index in [-0.39, 0.29) is 0 Å². The summed E-state index contributed by atoms with van der Waals surface area (Å²) in [6.07, 6.45) is 0. The van der Waals surface area contributed by atoms with Gasteiger partial charge in [0.25, 0.3) is 0 Å². The second kappa shape index (κ2) is 11.1. The van der Waals surface area contributed by atoms with E-state index in [0.29, 0.717) is 5.95 Å². The van der Waals surface area contributed by atoms with E-state index in [1.165, 1.54) is 32.7 Å². The highest BCUT2D eigenvalue weighted by Gasteiger charge is 2.22. The van der Waals surface area contributed by atoms with Gasteiger partial charge in [-0.2, -0.15) is 0 Å². The Morgan fingerprint density at radius 2 is 1.00 bits per heavy atom. The third kappa shape index (κ3) is 4.06. The first-order chi connectivity index (χ1) is 26.8. The molecule has 0 amide bonds. The van der Waals surface area contributed by atoms with Crippen molar-refractivity contribution in [3.8, 4) is 28.3 Å². The predicted octanol–water partition coefficient (Wildman–Crippen LogP) is 12.3. The molecule has 0 radical (unpaired) electrons. The Morgan fingerprint density at radius 3 is 1.83 bits per heavy atom. The summed E-state index contributed by atoms with van der Waals surface area (Å²) < 4.78 is 4.54. The minimum atomic E-state index is 0.618. The molecule has 0 aliphatic rings. The van der Waals surface area contributed by atoms with Gasteiger partial charge in [0.1, 0.15) is 11.2 Å². The summed E-state index contributed by atoms with van der Waals surface area (Å²) >= 11 is 0. The number of para-hydroxylation sites is 3. The summed E-state index contributed by atoms with van der Waals surface area (Å²) in [5.41, 5.74) is 11.3. The number of hydrogen-bond acceptors (Lipinski definition) is 3. The average molecular weight is 688 g/mol. The van der Waals surface area contributed by atoms with Crippen molar-refractivity contribution in [3.63, 3.8) is 0 Å². The van der Waals surface area contributed by atoms with E-state index in [4.69, 9.17) is 15.0 Å². The molecular weight excluding hydrogens is 659 g/mol. The molecule has 0 saturated heterocycles. The van der Waals surface area contributed by atoms with Crippen molar-refractivity contribution in [1.29, 1.82) is 0 Å². The number of aromatic nitrogens is 5. The fraction of sp³-hybridized carbons (Fsp3) is 0. The molecule has 0 fully saturated rings. The minimum absolute atomic E-state index is 0.618. The second-order valence-corrected chi connectivity index (χ2v) is 14.0. The zero-order valence-corrected chi connectivity index (χ0v) is 29.0. The quantitative estimate of drug-likeness (QED) is 0.174. The lowest BCUT2D eigenvalue weighted by Gasteiger charge is -2.13. The Hall–Kier alpha value is -7.37. The molecule has 0 bridgehead atoms. The van der Waals surface area contributed by atoms with Crippen LogP contribution in [0.1, 0.15) is 0 Å². The normalized spacial score (nSPS) is 12.1. The third-order valence-electron chi connectivity index (χ3n) is 11.1. The molecule has 54 heavy (non-hydrogen) atoms. The van der Waals surface area contributed by atoms with Crippen LogP contribution in [-0.2, 0) is 0 Å². The standard InChI is InChI=1S/C49H29N5/c1-2-14-33-30(12-1)13-11-20-34(33)31-24-26-32(27-25-31)45-40-19-5-8-21-41(40)50-49(52-45)54-43-23-10-7-17-37(43)38-28-29-44-46(47(38)54)51-48-39-18-4-3-15-35(39)36-16-6-9-22-42(36)53(44)48/h1-29H. The van der Waals surface area contributed by atoms with Crippen LogP contribution >= 0.6 is 0 Å². The highest BCUT2D eigenvalue weighted by Crippen LogP contribution is 2.40. The topological polar surface area (TPSA) is 48.0 Å². The molecule has 0 aliphatic carbocycles. The fourth-order valence-electron chi connectivity index (χ4n) is 8.70. The molecule has 0 atom stereocenters. The highest BCUT2D eigenvalue weighted by atomic mass is 15.2. The summed E-state index contributed by atoms with van der Waals surface area (Å²) in [5.74, 6) is 0.618. The SMILES string of the molecule is c1ccc2c(-c3ccc(-c4nc(-n5c6ccccc6c6ccc7c(nc8c9ccccc9c9ccccc9n78)c65)nc5ccccc45)cc3)cccc2c1. The van der Waals surface area contributed by atoms with E-state index in [0.717, 1.165) is 71.5 Å². The number of benzene rings is 8. The molecule has 5 nitrogen and oxygen atoms in total. The van der Waals surface area contributed by atoms with Crippen LogP contribution in [0.25, 0.3) is 110 Å². The monoisotopic (exact) mass is 687 g/mol. The Kier molecular flexibility index (Phi) is 5.99. The molecule has 250 valence electrons. The summed E-state index contributed by atoms with van der Waals surface area (Å²) in [6.45, 7) is 0. The van der Waals surface area contributed by atoms with E-state index in [1.807, 2.05) is 0 Å². The molecule has 12 rings (SSSR count). The fourth-order valence-corrected chi connectivity index (χ4v) is 8.70. The molecule has 0 unspecified atom stereocenters. The Balaban J connectivity index is 1.14. The van der Waals surface area contributed by atoms with E-state index >= 15 is 0 Å². The van der Waals surface area contributed by atoms with Crippen molar-refractivity contribution in [2.45, 2.75) is 0 Å². The van der Waals surface area contributed by atoms with Gasteiger partial charge in [-0.3, -0.25) is 8.97 Å². The van der Waals surface area contributed by atoms with Crippen LogP contribution in [0.3, 0.4) is 0 Å². The van der Waals surface area contributed by atoms with Crippen molar-refractivity contribution < 1.29 is 0 Å². The maximum Gasteiger partial charge on any atom is 0.235 e. The second-order valence-electron chi connectivity index (χ2n) is 14.0. The third-order valence-corrected chi connectivity index (χ3v) is 11.1. The minimum Gasteiger partial charge on any atom is -0.292 e. The first-order valence-corrected chi connectivity index (χ1v) is 18.3. The number of hydrogen-bond donors (Lipinski definition) is 0. The van der Waals surface area contributed by atoms with E-state index in [1.54, 1.807) is 0 Å². The molecule has 0 N–H and O–H groups in total. The molecule has 5 heteroatoms. The largest absolute Gasteiger partial charge is 0.292 e. The van der Waals surface area contributed by atoms with Crippen molar-refractivity contribution in [2.24, 2.45) is 0 Å². The van der Waals surface area contributed by atoms with Crippen LogP contribution in [0.4, 0.5) is 0 Å². The van der Waals surface area contributed by atoms with Gasteiger partial charge in [-0.15, -0.1) is 0 Å². The Bertz CT molecular complexity index is 3490. The molecule has 4 aromatic heterocycles. The van der Waals surface area contributed by atoms with Gasteiger partial charge in [0.2, 0.25) is 5.95 Å². The lowest BCUT2D eigenvalue weighted by atomic mass is 9.96. The molecule has 4 heterocycles. The van der Waals surface area contributed by atoms with E-state index < -0.39 is 0 Å². The van der Waals surface area contributed by atoms with Crippen LogP contribution in [-0.4, -0.2) is 23.9 Å². The Labute approximate surface area is 309 Å². The van der Waals surface area contributed by atoms with Gasteiger partial charge < -0.3 is 0 Å². The van der Waals surface area contributed by atoms with Gasteiger partial charge in [-0.25, -0.2) is 15.0 Å². The van der Waals surface area contributed by atoms with Crippen LogP contribution < -0.4 is 0 Å². The summed E-state index contributed by atoms with van der Waals surface area (Å²) in [5, 5.41) is 9.27. The van der Waals surface area contributed by atoms with Gasteiger partial charge >= 0.3 is 0 Å². The van der Waals surface area contributed by atoms with Crippen molar-refractivity contribution in [1.82, 2.24) is 23.9 Å². The van der Waals surface area contributed by atoms with Crippen LogP contribution in [0.15, 0.2) is 176 Å². The van der Waals surface area contributed by atoms with Gasteiger partial charge in [0, 0.05) is 32.5 Å². The van der Waals surface area contributed by atoms with Crippen molar-refractivity contribution in [2.75, 3.05) is 0 Å². The Morgan fingerprint density at radius 1 is 0.370 bits per heavy atom. The molecule has 0 aliphatic heterocycles. The molecule has 12 aromatic rings. The number of rotatable bonds is 3. The molecule has 8 aromatic carbocycles. The molecule has 0 spiro atoms. The number of fused-ring (bicyclic) bond motifs is 14. The molecular formula is C49H29N5. The first kappa shape index (κ1) is 29.2. The highest BCUT2D eigenvalue weighted by molar-refractivity contribution is 6.20. The maximum atomic E-state index is 5.49. The summed E-state index contributed by atoms with van der Waals surface area (Å²) in [7, 11) is 0. The molecule has 0 saturated carbocycles. The number of nitrogens with zero attached hydrogens (tertiary/aromatic N) is 5. The van der Waals surface area contributed by atoms with Gasteiger partial charge in [-0.05, 0) is 57.6 Å². The summed E-state index contributed by atoms with van der Waals surface area (Å²) in [6, 6.07) is 62.4.